The average molecular weight is 273 g/mol. The van der Waals surface area contributed by atoms with Gasteiger partial charge in [0.1, 0.15) is 0 Å². The molecule has 102 valence electrons. The zero-order valence-corrected chi connectivity index (χ0v) is 11.5. The number of hydrogen-bond acceptors (Lipinski definition) is 1. The topological polar surface area (TPSA) is 29.1 Å². The van der Waals surface area contributed by atoms with Crippen molar-refractivity contribution in [3.8, 4) is 0 Å². The molecule has 1 atom stereocenters. The van der Waals surface area contributed by atoms with Gasteiger partial charge in [0.2, 0.25) is 5.91 Å². The van der Waals surface area contributed by atoms with Crippen molar-refractivity contribution in [1.29, 1.82) is 0 Å². The number of nitrogens with one attached hydrogen (secondary N) is 1. The molecule has 0 aromatic heterocycles. The van der Waals surface area contributed by atoms with Crippen molar-refractivity contribution >= 4 is 22.4 Å². The van der Waals surface area contributed by atoms with Gasteiger partial charge in [-0.2, -0.15) is 0 Å². The monoisotopic (exact) mass is 273 g/mol. The van der Waals surface area contributed by atoms with Gasteiger partial charge in [0.15, 0.2) is 0 Å². The van der Waals surface area contributed by atoms with Gasteiger partial charge in [0, 0.05) is 23.4 Å². The first kappa shape index (κ1) is 12.2. The third kappa shape index (κ3) is 2.00. The number of rotatable bonds is 1. The van der Waals surface area contributed by atoms with Crippen LogP contribution in [0.25, 0.3) is 10.8 Å². The minimum atomic E-state index is 0.0764. The molecule has 4 rings (SSSR count). The van der Waals surface area contributed by atoms with E-state index < -0.39 is 0 Å². The summed E-state index contributed by atoms with van der Waals surface area (Å²) < 4.78 is 0. The number of anilines is 1. The van der Waals surface area contributed by atoms with Crippen molar-refractivity contribution in [2.24, 2.45) is 0 Å². The molecule has 2 heteroatoms. The van der Waals surface area contributed by atoms with Crippen LogP contribution in [-0.4, -0.2) is 5.91 Å². The maximum absolute atomic E-state index is 12.3. The second-order valence-corrected chi connectivity index (χ2v) is 5.47. The normalized spacial score (nSPS) is 17.3. The molecule has 1 amide bonds. The second-order valence-electron chi connectivity index (χ2n) is 5.47. The zero-order chi connectivity index (χ0) is 14.2. The molecular formula is C19H15NO. The molecule has 3 aromatic rings. The molecule has 0 saturated carbocycles. The smallest absolute Gasteiger partial charge is 0.225 e. The highest BCUT2D eigenvalue weighted by molar-refractivity contribution is 6.06. The summed E-state index contributed by atoms with van der Waals surface area (Å²) in [6, 6.07) is 22.7. The Bertz CT molecular complexity index is 818. The standard InChI is InChI=1S/C19H15NO/c21-18-12-16(13-6-2-1-3-7-13)15-10-4-8-14-9-5-11-17(20-18)19(14)15/h1-11,16H,12H2,(H,20,21). The summed E-state index contributed by atoms with van der Waals surface area (Å²) in [5.74, 6) is 0.186. The number of carbonyl (C=O) groups is 1. The van der Waals surface area contributed by atoms with E-state index in [4.69, 9.17) is 0 Å². The Morgan fingerprint density at radius 1 is 0.857 bits per heavy atom. The van der Waals surface area contributed by atoms with Crippen molar-refractivity contribution in [1.82, 2.24) is 0 Å². The molecule has 0 radical (unpaired) electrons. The number of carbonyl (C=O) groups excluding carboxylic acids is 1. The van der Waals surface area contributed by atoms with Crippen LogP contribution in [-0.2, 0) is 4.79 Å². The average Bonchev–Trinajstić information content (AvgIpc) is 2.67. The molecule has 0 fully saturated rings. The molecule has 2 nitrogen and oxygen atoms in total. The summed E-state index contributed by atoms with van der Waals surface area (Å²) in [5, 5.41) is 5.39. The van der Waals surface area contributed by atoms with E-state index in [-0.39, 0.29) is 11.8 Å². The van der Waals surface area contributed by atoms with E-state index in [2.05, 4.69) is 41.7 Å². The van der Waals surface area contributed by atoms with E-state index >= 15 is 0 Å². The predicted molar refractivity (Wildman–Crippen MR) is 85.5 cm³/mol. The lowest BCUT2D eigenvalue weighted by Crippen LogP contribution is -2.13. The Balaban J connectivity index is 2.02. The Morgan fingerprint density at radius 2 is 1.62 bits per heavy atom. The van der Waals surface area contributed by atoms with Crippen molar-refractivity contribution in [2.45, 2.75) is 12.3 Å². The minimum Gasteiger partial charge on any atom is -0.325 e. The van der Waals surface area contributed by atoms with Gasteiger partial charge in [-0.25, -0.2) is 0 Å². The number of benzene rings is 3. The quantitative estimate of drug-likeness (QED) is 0.703. The van der Waals surface area contributed by atoms with Crippen LogP contribution in [0, 0.1) is 0 Å². The Hall–Kier alpha value is -2.61. The SMILES string of the molecule is O=C1CC(c2ccccc2)c2cccc3cccc(c23)N1. The van der Waals surface area contributed by atoms with Crippen LogP contribution >= 0.6 is 0 Å². The predicted octanol–water partition coefficient (Wildman–Crippen LogP) is 4.31. The first-order valence-electron chi connectivity index (χ1n) is 7.19. The lowest BCUT2D eigenvalue weighted by atomic mass is 9.86. The third-order valence-electron chi connectivity index (χ3n) is 4.18. The fourth-order valence-corrected chi connectivity index (χ4v) is 3.24. The Labute approximate surface area is 123 Å². The van der Waals surface area contributed by atoms with Crippen LogP contribution in [0.5, 0.6) is 0 Å². The van der Waals surface area contributed by atoms with Gasteiger partial charge in [0.25, 0.3) is 0 Å². The van der Waals surface area contributed by atoms with Crippen molar-refractivity contribution in [2.75, 3.05) is 5.32 Å². The van der Waals surface area contributed by atoms with Crippen molar-refractivity contribution in [3.63, 3.8) is 0 Å². The molecule has 0 bridgehead atoms. The zero-order valence-electron chi connectivity index (χ0n) is 11.5. The lowest BCUT2D eigenvalue weighted by Gasteiger charge is -2.16. The van der Waals surface area contributed by atoms with Gasteiger partial charge in [0.05, 0.1) is 0 Å². The van der Waals surface area contributed by atoms with Crippen molar-refractivity contribution in [3.05, 3.63) is 77.9 Å². The van der Waals surface area contributed by atoms with Crippen LogP contribution < -0.4 is 5.32 Å². The highest BCUT2D eigenvalue weighted by Crippen LogP contribution is 2.39. The fraction of sp³-hybridized carbons (Fsp3) is 0.105. The van der Waals surface area contributed by atoms with E-state index in [1.807, 2.05) is 30.3 Å². The molecule has 21 heavy (non-hydrogen) atoms. The van der Waals surface area contributed by atoms with Gasteiger partial charge in [-0.15, -0.1) is 0 Å². The molecule has 0 spiro atoms. The largest absolute Gasteiger partial charge is 0.325 e. The van der Waals surface area contributed by atoms with E-state index in [0.717, 1.165) is 5.69 Å². The number of hydrogen-bond donors (Lipinski definition) is 1. The fourth-order valence-electron chi connectivity index (χ4n) is 3.24. The van der Waals surface area contributed by atoms with E-state index in [1.165, 1.54) is 21.9 Å². The van der Waals surface area contributed by atoms with Crippen LogP contribution in [0.2, 0.25) is 0 Å². The molecule has 1 aliphatic heterocycles. The summed E-state index contributed by atoms with van der Waals surface area (Å²) in [6.45, 7) is 0. The summed E-state index contributed by atoms with van der Waals surface area (Å²) in [7, 11) is 0. The summed E-state index contributed by atoms with van der Waals surface area (Å²) in [6.07, 6.45) is 0.484. The first-order valence-corrected chi connectivity index (χ1v) is 7.19. The van der Waals surface area contributed by atoms with Gasteiger partial charge in [-0.1, -0.05) is 60.7 Å². The molecule has 0 aliphatic carbocycles. The summed E-state index contributed by atoms with van der Waals surface area (Å²) >= 11 is 0. The van der Waals surface area contributed by atoms with E-state index in [0.29, 0.717) is 6.42 Å². The number of amides is 1. The molecule has 0 saturated heterocycles. The van der Waals surface area contributed by atoms with Gasteiger partial charge < -0.3 is 5.32 Å². The summed E-state index contributed by atoms with van der Waals surface area (Å²) in [4.78, 5) is 12.3. The van der Waals surface area contributed by atoms with Gasteiger partial charge in [-0.05, 0) is 22.6 Å². The Morgan fingerprint density at radius 3 is 2.43 bits per heavy atom. The second kappa shape index (κ2) is 4.74. The molecule has 1 unspecified atom stereocenters. The maximum Gasteiger partial charge on any atom is 0.225 e. The first-order chi connectivity index (χ1) is 10.3. The van der Waals surface area contributed by atoms with Gasteiger partial charge >= 0.3 is 0 Å². The van der Waals surface area contributed by atoms with E-state index in [9.17, 15) is 4.79 Å². The lowest BCUT2D eigenvalue weighted by molar-refractivity contribution is -0.116. The van der Waals surface area contributed by atoms with Crippen LogP contribution in [0.4, 0.5) is 5.69 Å². The van der Waals surface area contributed by atoms with Crippen LogP contribution in [0.3, 0.4) is 0 Å². The highest BCUT2D eigenvalue weighted by atomic mass is 16.1. The molecule has 3 aromatic carbocycles. The maximum atomic E-state index is 12.3. The van der Waals surface area contributed by atoms with Gasteiger partial charge in [-0.3, -0.25) is 4.79 Å². The van der Waals surface area contributed by atoms with E-state index in [1.54, 1.807) is 0 Å². The van der Waals surface area contributed by atoms with Crippen LogP contribution in [0.1, 0.15) is 23.5 Å². The molecular weight excluding hydrogens is 258 g/mol. The molecule has 1 aliphatic rings. The van der Waals surface area contributed by atoms with Crippen molar-refractivity contribution < 1.29 is 4.79 Å². The van der Waals surface area contributed by atoms with Crippen LogP contribution in [0.15, 0.2) is 66.7 Å². The Kier molecular flexibility index (Phi) is 2.74. The third-order valence-corrected chi connectivity index (χ3v) is 4.18. The molecule has 1 N–H and O–H groups in total. The highest BCUT2D eigenvalue weighted by Gasteiger charge is 2.24. The minimum absolute atomic E-state index is 0.0764. The summed E-state index contributed by atoms with van der Waals surface area (Å²) in [5.41, 5.74) is 3.34. The molecule has 1 heterocycles.